The maximum atomic E-state index is 12.4. The molecule has 0 aliphatic rings. The Morgan fingerprint density at radius 3 is 2.25 bits per heavy atom. The van der Waals surface area contributed by atoms with E-state index in [1.54, 1.807) is 18.5 Å². The summed E-state index contributed by atoms with van der Waals surface area (Å²) in [5.41, 5.74) is 1.09. The van der Waals surface area contributed by atoms with E-state index in [0.29, 0.717) is 17.9 Å². The van der Waals surface area contributed by atoms with Gasteiger partial charge in [0.25, 0.3) is 6.43 Å². The lowest BCUT2D eigenvalue weighted by molar-refractivity contribution is 0.149. The van der Waals surface area contributed by atoms with Gasteiger partial charge in [0.1, 0.15) is 0 Å². The lowest BCUT2D eigenvalue weighted by atomic mass is 10.2. The normalized spacial score (nSPS) is 11.2. The van der Waals surface area contributed by atoms with Gasteiger partial charge in [0, 0.05) is 12.2 Å². The van der Waals surface area contributed by atoms with Crippen molar-refractivity contribution < 1.29 is 8.78 Å². The fourth-order valence-corrected chi connectivity index (χ4v) is 1.33. The molecule has 1 aromatic heterocycles. The van der Waals surface area contributed by atoms with E-state index < -0.39 is 6.43 Å². The molecule has 0 saturated carbocycles. The van der Waals surface area contributed by atoms with Crippen LogP contribution in [0.5, 0.6) is 0 Å². The number of hydrogen-bond acceptors (Lipinski definition) is 1. The molecule has 0 N–H and O–H groups in total. The van der Waals surface area contributed by atoms with E-state index in [9.17, 15) is 8.78 Å². The lowest BCUT2D eigenvalue weighted by Gasteiger charge is -2.00. The van der Waals surface area contributed by atoms with Crippen molar-refractivity contribution in [2.45, 2.75) is 33.7 Å². The van der Waals surface area contributed by atoms with E-state index in [2.05, 4.69) is 5.10 Å². The van der Waals surface area contributed by atoms with Gasteiger partial charge in [0.15, 0.2) is 0 Å². The van der Waals surface area contributed by atoms with Gasteiger partial charge >= 0.3 is 0 Å². The van der Waals surface area contributed by atoms with Crippen LogP contribution >= 0.6 is 0 Å². The van der Waals surface area contributed by atoms with E-state index in [4.69, 9.17) is 0 Å². The molecule has 0 aromatic carbocycles. The summed E-state index contributed by atoms with van der Waals surface area (Å²) in [5, 5.41) is 3.99. The molecule has 68 valence electrons. The minimum atomic E-state index is -2.41. The summed E-state index contributed by atoms with van der Waals surface area (Å²) < 4.78 is 26.4. The molecule has 0 atom stereocenters. The summed E-state index contributed by atoms with van der Waals surface area (Å²) in [6, 6.07) is 0. The molecule has 4 heteroatoms. The lowest BCUT2D eigenvalue weighted by Crippen LogP contribution is -1.99. The third kappa shape index (κ3) is 1.33. The predicted octanol–water partition coefficient (Wildman–Crippen LogP) is 2.46. The second kappa shape index (κ2) is 3.21. The van der Waals surface area contributed by atoms with Crippen LogP contribution in [0.4, 0.5) is 8.78 Å². The summed E-state index contributed by atoms with van der Waals surface area (Å²) in [6.45, 7) is 5.81. The van der Waals surface area contributed by atoms with Gasteiger partial charge < -0.3 is 0 Å². The van der Waals surface area contributed by atoms with Crippen molar-refractivity contribution in [3.8, 4) is 0 Å². The molecule has 0 bridgehead atoms. The van der Waals surface area contributed by atoms with Gasteiger partial charge in [-0.3, -0.25) is 4.68 Å². The van der Waals surface area contributed by atoms with Gasteiger partial charge in [-0.25, -0.2) is 8.78 Å². The number of aromatic nitrogens is 2. The molecule has 0 saturated heterocycles. The highest BCUT2D eigenvalue weighted by Gasteiger charge is 2.18. The first kappa shape index (κ1) is 9.16. The zero-order valence-corrected chi connectivity index (χ0v) is 7.43. The smallest absolute Gasteiger partial charge is 0.267 e. The number of rotatable bonds is 2. The minimum Gasteiger partial charge on any atom is -0.269 e. The first-order valence-corrected chi connectivity index (χ1v) is 3.90. The molecule has 0 unspecified atom stereocenters. The van der Waals surface area contributed by atoms with Crippen LogP contribution in [0.1, 0.15) is 30.3 Å². The van der Waals surface area contributed by atoms with Crippen LogP contribution in [0.3, 0.4) is 0 Å². The zero-order chi connectivity index (χ0) is 9.30. The molecule has 0 spiro atoms. The van der Waals surface area contributed by atoms with E-state index in [-0.39, 0.29) is 5.56 Å². The monoisotopic (exact) mass is 174 g/mol. The average molecular weight is 174 g/mol. The largest absolute Gasteiger partial charge is 0.269 e. The number of nitrogens with zero attached hydrogens (tertiary/aromatic N) is 2. The van der Waals surface area contributed by atoms with E-state index in [1.807, 2.05) is 6.92 Å². The zero-order valence-electron chi connectivity index (χ0n) is 7.43. The summed E-state index contributed by atoms with van der Waals surface area (Å²) in [5.74, 6) is 0. The van der Waals surface area contributed by atoms with Gasteiger partial charge in [-0.2, -0.15) is 5.10 Å². The van der Waals surface area contributed by atoms with Crippen LogP contribution in [0.2, 0.25) is 0 Å². The molecule has 0 aliphatic carbocycles. The van der Waals surface area contributed by atoms with Gasteiger partial charge in [0.2, 0.25) is 0 Å². The van der Waals surface area contributed by atoms with Gasteiger partial charge in [0.05, 0.1) is 11.3 Å². The van der Waals surface area contributed by atoms with Crippen molar-refractivity contribution in [3.63, 3.8) is 0 Å². The van der Waals surface area contributed by atoms with Crippen LogP contribution in [-0.2, 0) is 6.54 Å². The van der Waals surface area contributed by atoms with Crippen molar-refractivity contribution in [1.29, 1.82) is 0 Å². The third-order valence-corrected chi connectivity index (χ3v) is 1.96. The SMILES string of the molecule is CCn1nc(C)c(C(F)F)c1C. The molecule has 0 fully saturated rings. The van der Waals surface area contributed by atoms with Crippen LogP contribution in [0, 0.1) is 13.8 Å². The minimum absolute atomic E-state index is 0.0804. The Balaban J connectivity index is 3.19. The van der Waals surface area contributed by atoms with Gasteiger partial charge in [-0.05, 0) is 20.8 Å². The summed E-state index contributed by atoms with van der Waals surface area (Å²) in [6.07, 6.45) is -2.41. The van der Waals surface area contributed by atoms with Crippen LogP contribution < -0.4 is 0 Å². The first-order valence-electron chi connectivity index (χ1n) is 3.90. The molecule has 2 nitrogen and oxygen atoms in total. The maximum Gasteiger partial charge on any atom is 0.267 e. The van der Waals surface area contributed by atoms with Crippen LogP contribution in [0.15, 0.2) is 0 Å². The third-order valence-electron chi connectivity index (χ3n) is 1.96. The number of alkyl halides is 2. The van der Waals surface area contributed by atoms with Gasteiger partial charge in [-0.15, -0.1) is 0 Å². The van der Waals surface area contributed by atoms with Crippen molar-refractivity contribution in [3.05, 3.63) is 17.0 Å². The van der Waals surface area contributed by atoms with Crippen LogP contribution in [-0.4, -0.2) is 9.78 Å². The average Bonchev–Trinajstić information content (AvgIpc) is 2.25. The highest BCUT2D eigenvalue weighted by molar-refractivity contribution is 5.25. The molecular weight excluding hydrogens is 162 g/mol. The van der Waals surface area contributed by atoms with E-state index >= 15 is 0 Å². The molecule has 1 heterocycles. The molecule has 0 radical (unpaired) electrons. The van der Waals surface area contributed by atoms with Gasteiger partial charge in [-0.1, -0.05) is 0 Å². The Kier molecular flexibility index (Phi) is 2.45. The highest BCUT2D eigenvalue weighted by atomic mass is 19.3. The second-order valence-electron chi connectivity index (χ2n) is 2.70. The Hall–Kier alpha value is -0.930. The Labute approximate surface area is 70.2 Å². The Morgan fingerprint density at radius 2 is 2.00 bits per heavy atom. The Morgan fingerprint density at radius 1 is 1.42 bits per heavy atom. The number of hydrogen-bond donors (Lipinski definition) is 0. The van der Waals surface area contributed by atoms with Crippen molar-refractivity contribution in [2.24, 2.45) is 0 Å². The molecular formula is C8H12F2N2. The predicted molar refractivity (Wildman–Crippen MR) is 42.3 cm³/mol. The van der Waals surface area contributed by atoms with Crippen LogP contribution in [0.25, 0.3) is 0 Å². The summed E-state index contributed by atoms with van der Waals surface area (Å²) in [4.78, 5) is 0. The summed E-state index contributed by atoms with van der Waals surface area (Å²) in [7, 11) is 0. The fourth-order valence-electron chi connectivity index (χ4n) is 1.33. The van der Waals surface area contributed by atoms with Crippen molar-refractivity contribution >= 4 is 0 Å². The second-order valence-corrected chi connectivity index (χ2v) is 2.70. The van der Waals surface area contributed by atoms with Crippen molar-refractivity contribution in [2.75, 3.05) is 0 Å². The first-order chi connectivity index (χ1) is 5.57. The fraction of sp³-hybridized carbons (Fsp3) is 0.625. The summed E-state index contributed by atoms with van der Waals surface area (Å²) >= 11 is 0. The number of halogens is 2. The molecule has 0 amide bonds. The molecule has 0 aliphatic heterocycles. The number of aryl methyl sites for hydroxylation is 2. The molecule has 1 aromatic rings. The maximum absolute atomic E-state index is 12.4. The topological polar surface area (TPSA) is 17.8 Å². The quantitative estimate of drug-likeness (QED) is 0.673. The molecule has 12 heavy (non-hydrogen) atoms. The Bertz CT molecular complexity index is 279. The highest BCUT2D eigenvalue weighted by Crippen LogP contribution is 2.25. The van der Waals surface area contributed by atoms with E-state index in [1.165, 1.54) is 0 Å². The molecule has 1 rings (SSSR count). The van der Waals surface area contributed by atoms with E-state index in [0.717, 1.165) is 0 Å². The van der Waals surface area contributed by atoms with Crippen molar-refractivity contribution in [1.82, 2.24) is 9.78 Å². The standard InChI is InChI=1S/C8H12F2N2/c1-4-12-6(3)7(8(9)10)5(2)11-12/h8H,4H2,1-3H3.